The van der Waals surface area contributed by atoms with Gasteiger partial charge in [-0.2, -0.15) is 0 Å². The fraction of sp³-hybridized carbons (Fsp3) is 0.167. The monoisotopic (exact) mass is 449 g/mol. The molecule has 4 aromatic rings. The van der Waals surface area contributed by atoms with Crippen LogP contribution in [-0.2, 0) is 22.0 Å². The van der Waals surface area contributed by atoms with E-state index in [9.17, 15) is 8.42 Å². The number of nitrogens with zero attached hydrogens (tertiary/aromatic N) is 3. The predicted molar refractivity (Wildman–Crippen MR) is 124 cm³/mol. The topological polar surface area (TPSA) is 64.8 Å². The van der Waals surface area contributed by atoms with Crippen molar-refractivity contribution in [3.63, 3.8) is 0 Å². The molecule has 0 radical (unpaired) electrons. The molecule has 0 atom stereocenters. The van der Waals surface area contributed by atoms with E-state index in [2.05, 4.69) is 22.3 Å². The molecule has 5 nitrogen and oxygen atoms in total. The molecule has 0 saturated carbocycles. The van der Waals surface area contributed by atoms with Crippen LogP contribution in [0.25, 0.3) is 5.69 Å². The summed E-state index contributed by atoms with van der Waals surface area (Å²) in [6, 6.07) is 26.8. The summed E-state index contributed by atoms with van der Waals surface area (Å²) in [5.41, 5.74) is 3.12. The third-order valence-corrected chi connectivity index (χ3v) is 7.44. The first-order chi connectivity index (χ1) is 15.0. The number of para-hydroxylation sites is 1. The number of aryl methyl sites for hydroxylation is 2. The van der Waals surface area contributed by atoms with Gasteiger partial charge in [0, 0.05) is 11.4 Å². The molecule has 0 N–H and O–H groups in total. The first-order valence-corrected chi connectivity index (χ1v) is 12.6. The minimum atomic E-state index is -3.54. The average Bonchev–Trinajstić information content (AvgIpc) is 3.17. The summed E-state index contributed by atoms with van der Waals surface area (Å²) >= 11 is 1.58. The SMILES string of the molecule is Cc1ccc(S(=O)(=O)Cc2nnc(SCCc3ccccc3)n2-c2ccccc2)cc1. The van der Waals surface area contributed by atoms with Gasteiger partial charge < -0.3 is 0 Å². The van der Waals surface area contributed by atoms with Gasteiger partial charge in [0.15, 0.2) is 20.8 Å². The number of hydrogen-bond acceptors (Lipinski definition) is 5. The zero-order chi connectivity index (χ0) is 21.7. The van der Waals surface area contributed by atoms with E-state index in [1.807, 2.05) is 60.0 Å². The molecule has 158 valence electrons. The molecular formula is C24H23N3O2S2. The highest BCUT2D eigenvalue weighted by Gasteiger charge is 2.22. The van der Waals surface area contributed by atoms with E-state index in [0.29, 0.717) is 15.9 Å². The molecule has 0 aliphatic carbocycles. The zero-order valence-corrected chi connectivity index (χ0v) is 18.8. The predicted octanol–water partition coefficient (Wildman–Crippen LogP) is 4.88. The Hall–Kier alpha value is -2.90. The van der Waals surface area contributed by atoms with Crippen LogP contribution in [0.3, 0.4) is 0 Å². The number of hydrogen-bond donors (Lipinski definition) is 0. The third kappa shape index (κ3) is 5.24. The van der Waals surface area contributed by atoms with E-state index < -0.39 is 9.84 Å². The quantitative estimate of drug-likeness (QED) is 0.359. The Morgan fingerprint density at radius 3 is 2.16 bits per heavy atom. The number of aromatic nitrogens is 3. The molecular weight excluding hydrogens is 426 g/mol. The van der Waals surface area contributed by atoms with Crippen LogP contribution >= 0.6 is 11.8 Å². The minimum Gasteiger partial charge on any atom is -0.273 e. The van der Waals surface area contributed by atoms with Crippen LogP contribution in [0.4, 0.5) is 0 Å². The van der Waals surface area contributed by atoms with Gasteiger partial charge in [-0.05, 0) is 43.2 Å². The van der Waals surface area contributed by atoms with Crippen molar-refractivity contribution in [2.45, 2.75) is 29.1 Å². The van der Waals surface area contributed by atoms with Crippen LogP contribution in [0.5, 0.6) is 0 Å². The Bertz CT molecular complexity index is 1240. The molecule has 0 bridgehead atoms. The van der Waals surface area contributed by atoms with Crippen LogP contribution in [0.1, 0.15) is 17.0 Å². The van der Waals surface area contributed by atoms with Gasteiger partial charge in [0.1, 0.15) is 5.75 Å². The van der Waals surface area contributed by atoms with Gasteiger partial charge in [-0.3, -0.25) is 4.57 Å². The lowest BCUT2D eigenvalue weighted by Crippen LogP contribution is -2.11. The van der Waals surface area contributed by atoms with E-state index in [0.717, 1.165) is 23.4 Å². The summed E-state index contributed by atoms with van der Waals surface area (Å²) in [5, 5.41) is 9.28. The smallest absolute Gasteiger partial charge is 0.195 e. The molecule has 31 heavy (non-hydrogen) atoms. The molecule has 0 aliphatic heterocycles. The molecule has 0 amide bonds. The van der Waals surface area contributed by atoms with Gasteiger partial charge in [0.05, 0.1) is 4.90 Å². The van der Waals surface area contributed by atoms with Crippen LogP contribution in [0.2, 0.25) is 0 Å². The molecule has 4 rings (SSSR count). The molecule has 0 spiro atoms. The second-order valence-electron chi connectivity index (χ2n) is 7.23. The molecule has 1 aromatic heterocycles. The maximum absolute atomic E-state index is 13.0. The summed E-state index contributed by atoms with van der Waals surface area (Å²) in [6.07, 6.45) is 0.893. The largest absolute Gasteiger partial charge is 0.273 e. The normalized spacial score (nSPS) is 11.5. The first kappa shape index (κ1) is 21.3. The number of thioether (sulfide) groups is 1. The molecule has 7 heteroatoms. The highest BCUT2D eigenvalue weighted by Crippen LogP contribution is 2.25. The lowest BCUT2D eigenvalue weighted by molar-refractivity contribution is 0.593. The molecule has 0 aliphatic rings. The van der Waals surface area contributed by atoms with Crippen molar-refractivity contribution in [1.82, 2.24) is 14.8 Å². The summed E-state index contributed by atoms with van der Waals surface area (Å²) in [5.74, 6) is 1.02. The van der Waals surface area contributed by atoms with Crippen molar-refractivity contribution in [2.24, 2.45) is 0 Å². The first-order valence-electron chi connectivity index (χ1n) is 9.99. The van der Waals surface area contributed by atoms with Crippen LogP contribution < -0.4 is 0 Å². The Balaban J connectivity index is 1.61. The third-order valence-electron chi connectivity index (χ3n) is 4.88. The second kappa shape index (κ2) is 9.49. The van der Waals surface area contributed by atoms with Crippen molar-refractivity contribution in [3.8, 4) is 5.69 Å². The van der Waals surface area contributed by atoms with Crippen LogP contribution in [-0.4, -0.2) is 28.9 Å². The van der Waals surface area contributed by atoms with Gasteiger partial charge >= 0.3 is 0 Å². The molecule has 3 aromatic carbocycles. The number of rotatable bonds is 8. The summed E-state index contributed by atoms with van der Waals surface area (Å²) in [4.78, 5) is 0.291. The average molecular weight is 450 g/mol. The summed E-state index contributed by atoms with van der Waals surface area (Å²) in [7, 11) is -3.54. The number of sulfone groups is 1. The maximum Gasteiger partial charge on any atom is 0.195 e. The van der Waals surface area contributed by atoms with E-state index >= 15 is 0 Å². The van der Waals surface area contributed by atoms with Gasteiger partial charge in [0.25, 0.3) is 0 Å². The van der Waals surface area contributed by atoms with Crippen LogP contribution in [0, 0.1) is 6.92 Å². The summed E-state index contributed by atoms with van der Waals surface area (Å²) in [6.45, 7) is 1.93. The lowest BCUT2D eigenvalue weighted by atomic mass is 10.2. The highest BCUT2D eigenvalue weighted by molar-refractivity contribution is 7.99. The Morgan fingerprint density at radius 1 is 0.839 bits per heavy atom. The minimum absolute atomic E-state index is 0.211. The Kier molecular flexibility index (Phi) is 6.53. The van der Waals surface area contributed by atoms with Crippen molar-refractivity contribution in [1.29, 1.82) is 0 Å². The fourth-order valence-electron chi connectivity index (χ4n) is 3.23. The van der Waals surface area contributed by atoms with E-state index in [1.54, 1.807) is 36.0 Å². The maximum atomic E-state index is 13.0. The standard InChI is InChI=1S/C24H23N3O2S2/c1-19-12-14-22(15-13-19)31(28,29)18-23-25-26-24(27(23)21-10-6-3-7-11-21)30-17-16-20-8-4-2-5-9-20/h2-15H,16-18H2,1H3. The van der Waals surface area contributed by atoms with Crippen molar-refractivity contribution in [3.05, 3.63) is 102 Å². The molecule has 0 saturated heterocycles. The second-order valence-corrected chi connectivity index (χ2v) is 10.3. The van der Waals surface area contributed by atoms with E-state index in [-0.39, 0.29) is 5.75 Å². The van der Waals surface area contributed by atoms with E-state index in [4.69, 9.17) is 0 Å². The lowest BCUT2D eigenvalue weighted by Gasteiger charge is -2.11. The van der Waals surface area contributed by atoms with Crippen LogP contribution in [0.15, 0.2) is 95.0 Å². The molecule has 1 heterocycles. The molecule has 0 fully saturated rings. The highest BCUT2D eigenvalue weighted by atomic mass is 32.2. The number of benzene rings is 3. The van der Waals surface area contributed by atoms with Gasteiger partial charge in [0.2, 0.25) is 0 Å². The van der Waals surface area contributed by atoms with Gasteiger partial charge in [-0.15, -0.1) is 10.2 Å². The van der Waals surface area contributed by atoms with Gasteiger partial charge in [-0.1, -0.05) is 78.0 Å². The van der Waals surface area contributed by atoms with Gasteiger partial charge in [-0.25, -0.2) is 8.42 Å². The van der Waals surface area contributed by atoms with Crippen molar-refractivity contribution in [2.75, 3.05) is 5.75 Å². The Morgan fingerprint density at radius 2 is 1.48 bits per heavy atom. The van der Waals surface area contributed by atoms with E-state index in [1.165, 1.54) is 5.56 Å². The molecule has 0 unspecified atom stereocenters. The Labute approximate surface area is 187 Å². The zero-order valence-electron chi connectivity index (χ0n) is 17.2. The summed E-state index contributed by atoms with van der Waals surface area (Å²) < 4.78 is 27.9. The van der Waals surface area contributed by atoms with Crippen molar-refractivity contribution < 1.29 is 8.42 Å². The fourth-order valence-corrected chi connectivity index (χ4v) is 5.43. The van der Waals surface area contributed by atoms with Crippen molar-refractivity contribution >= 4 is 21.6 Å².